The lowest BCUT2D eigenvalue weighted by molar-refractivity contribution is 0.0577. The summed E-state index contributed by atoms with van der Waals surface area (Å²) in [5.41, 5.74) is 2.02. The zero-order chi connectivity index (χ0) is 21.2. The van der Waals surface area contributed by atoms with Crippen LogP contribution in [0.2, 0.25) is 0 Å². The van der Waals surface area contributed by atoms with Gasteiger partial charge in [-0.3, -0.25) is 0 Å². The monoisotopic (exact) mass is 415 g/mol. The topological polar surface area (TPSA) is 77.7 Å². The highest BCUT2D eigenvalue weighted by molar-refractivity contribution is 7.19. The standard InChI is InChI=1S/C21H25N3O4S/c1-13-18(14(2)28-23-13)17-11-22-19(29-17)24(20(25)27-21(3,4)5)12-15-7-9-16(26-6)10-8-15/h7-11H,12H2,1-6H3. The van der Waals surface area contributed by atoms with Crippen LogP contribution in [0.25, 0.3) is 10.4 Å². The highest BCUT2D eigenvalue weighted by atomic mass is 32.1. The van der Waals surface area contributed by atoms with Gasteiger partial charge in [0.2, 0.25) is 0 Å². The molecule has 0 aliphatic rings. The van der Waals surface area contributed by atoms with Gasteiger partial charge >= 0.3 is 6.09 Å². The number of methoxy groups -OCH3 is 1. The maximum absolute atomic E-state index is 12.9. The molecule has 0 spiro atoms. The highest BCUT2D eigenvalue weighted by Gasteiger charge is 2.27. The minimum Gasteiger partial charge on any atom is -0.497 e. The van der Waals surface area contributed by atoms with Crippen molar-refractivity contribution in [3.05, 3.63) is 47.5 Å². The lowest BCUT2D eigenvalue weighted by Gasteiger charge is -2.26. The Bertz CT molecular complexity index is 967. The van der Waals surface area contributed by atoms with E-state index in [1.165, 1.54) is 11.3 Å². The van der Waals surface area contributed by atoms with E-state index in [1.807, 2.05) is 58.9 Å². The molecule has 3 aromatic rings. The van der Waals surface area contributed by atoms with Gasteiger partial charge < -0.3 is 14.0 Å². The van der Waals surface area contributed by atoms with Crippen molar-refractivity contribution in [2.24, 2.45) is 0 Å². The number of aryl methyl sites for hydroxylation is 2. The second kappa shape index (κ2) is 8.24. The normalized spacial score (nSPS) is 11.4. The third-order valence-corrected chi connectivity index (χ3v) is 5.16. The fourth-order valence-corrected chi connectivity index (χ4v) is 3.83. The number of hydrogen-bond donors (Lipinski definition) is 0. The van der Waals surface area contributed by atoms with Gasteiger partial charge in [0.25, 0.3) is 0 Å². The number of thiazole rings is 1. The summed E-state index contributed by atoms with van der Waals surface area (Å²) >= 11 is 1.40. The number of anilines is 1. The molecule has 0 N–H and O–H groups in total. The van der Waals surface area contributed by atoms with Gasteiger partial charge in [0.15, 0.2) is 5.13 Å². The molecule has 0 aliphatic carbocycles. The molecular formula is C21H25N3O4S. The Morgan fingerprint density at radius 1 is 1.21 bits per heavy atom. The molecular weight excluding hydrogens is 390 g/mol. The summed E-state index contributed by atoms with van der Waals surface area (Å²) in [6.45, 7) is 9.59. The first kappa shape index (κ1) is 20.9. The predicted molar refractivity (Wildman–Crippen MR) is 112 cm³/mol. The number of hydrogen-bond acceptors (Lipinski definition) is 7. The number of aromatic nitrogens is 2. The number of nitrogens with zero attached hydrogens (tertiary/aromatic N) is 3. The van der Waals surface area contributed by atoms with Crippen LogP contribution in [0.3, 0.4) is 0 Å². The maximum Gasteiger partial charge on any atom is 0.416 e. The van der Waals surface area contributed by atoms with E-state index < -0.39 is 11.7 Å². The molecule has 1 aromatic carbocycles. The summed E-state index contributed by atoms with van der Waals surface area (Å²) in [5, 5.41) is 4.55. The Kier molecular flexibility index (Phi) is 5.93. The van der Waals surface area contributed by atoms with E-state index in [2.05, 4.69) is 10.1 Å². The van der Waals surface area contributed by atoms with Crippen LogP contribution in [-0.2, 0) is 11.3 Å². The van der Waals surface area contributed by atoms with Crippen LogP contribution in [0.15, 0.2) is 35.0 Å². The van der Waals surface area contributed by atoms with Gasteiger partial charge in [-0.25, -0.2) is 14.7 Å². The summed E-state index contributed by atoms with van der Waals surface area (Å²) in [5.74, 6) is 1.48. The molecule has 2 heterocycles. The number of amides is 1. The fraction of sp³-hybridized carbons (Fsp3) is 0.381. The smallest absolute Gasteiger partial charge is 0.416 e. The van der Waals surface area contributed by atoms with Crippen LogP contribution in [0.4, 0.5) is 9.93 Å². The number of carbonyl (C=O) groups excluding carboxylic acids is 1. The van der Waals surface area contributed by atoms with Crippen LogP contribution in [0.1, 0.15) is 37.8 Å². The molecule has 0 saturated carbocycles. The minimum atomic E-state index is -0.614. The van der Waals surface area contributed by atoms with Crippen molar-refractivity contribution in [2.45, 2.75) is 46.8 Å². The molecule has 0 atom stereocenters. The van der Waals surface area contributed by atoms with Crippen LogP contribution in [-0.4, -0.2) is 28.9 Å². The van der Waals surface area contributed by atoms with Crippen molar-refractivity contribution in [1.29, 1.82) is 0 Å². The Labute approximate surface area is 174 Å². The first-order valence-electron chi connectivity index (χ1n) is 9.20. The summed E-state index contributed by atoms with van der Waals surface area (Å²) in [4.78, 5) is 19.8. The summed E-state index contributed by atoms with van der Waals surface area (Å²) < 4.78 is 16.1. The van der Waals surface area contributed by atoms with E-state index in [-0.39, 0.29) is 0 Å². The van der Waals surface area contributed by atoms with Crippen molar-refractivity contribution in [3.8, 4) is 16.2 Å². The van der Waals surface area contributed by atoms with Crippen molar-refractivity contribution in [2.75, 3.05) is 12.0 Å². The third-order valence-electron chi connectivity index (χ3n) is 4.12. The number of rotatable bonds is 5. The Hall–Kier alpha value is -2.87. The van der Waals surface area contributed by atoms with Crippen molar-refractivity contribution in [1.82, 2.24) is 10.1 Å². The molecule has 0 fully saturated rings. The second-order valence-corrected chi connectivity index (χ2v) is 8.63. The van der Waals surface area contributed by atoms with Gasteiger partial charge in [0, 0.05) is 6.20 Å². The van der Waals surface area contributed by atoms with E-state index in [4.69, 9.17) is 14.0 Å². The molecule has 0 saturated heterocycles. The predicted octanol–water partition coefficient (Wildman–Crippen LogP) is 5.37. The largest absolute Gasteiger partial charge is 0.497 e. The van der Waals surface area contributed by atoms with E-state index in [0.29, 0.717) is 11.7 Å². The molecule has 154 valence electrons. The van der Waals surface area contributed by atoms with Crippen LogP contribution >= 0.6 is 11.3 Å². The number of ether oxygens (including phenoxy) is 2. The van der Waals surface area contributed by atoms with E-state index in [1.54, 1.807) is 18.2 Å². The van der Waals surface area contributed by atoms with Gasteiger partial charge in [-0.1, -0.05) is 28.6 Å². The summed E-state index contributed by atoms with van der Waals surface area (Å²) in [6.07, 6.45) is 1.28. The molecule has 2 aromatic heterocycles. The van der Waals surface area contributed by atoms with Gasteiger partial charge in [0.05, 0.1) is 29.8 Å². The highest BCUT2D eigenvalue weighted by Crippen LogP contribution is 2.36. The Morgan fingerprint density at radius 2 is 1.90 bits per heavy atom. The van der Waals surface area contributed by atoms with Crippen LogP contribution in [0.5, 0.6) is 5.75 Å². The zero-order valence-corrected chi connectivity index (χ0v) is 18.3. The number of carbonyl (C=O) groups is 1. The molecule has 3 rings (SSSR count). The third kappa shape index (κ3) is 4.95. The first-order valence-corrected chi connectivity index (χ1v) is 10.0. The molecule has 0 unspecified atom stereocenters. The van der Waals surface area contributed by atoms with Gasteiger partial charge in [-0.2, -0.15) is 0 Å². The van der Waals surface area contributed by atoms with Crippen molar-refractivity contribution >= 4 is 22.6 Å². The lowest BCUT2D eigenvalue weighted by Crippen LogP contribution is -2.36. The minimum absolute atomic E-state index is 0.327. The molecule has 0 radical (unpaired) electrons. The maximum atomic E-state index is 12.9. The first-order chi connectivity index (χ1) is 13.7. The second-order valence-electron chi connectivity index (χ2n) is 7.62. The van der Waals surface area contributed by atoms with Crippen LogP contribution in [0, 0.1) is 13.8 Å². The molecule has 0 aliphatic heterocycles. The summed E-state index contributed by atoms with van der Waals surface area (Å²) in [6, 6.07) is 7.55. The van der Waals surface area contributed by atoms with Gasteiger partial charge in [-0.05, 0) is 52.3 Å². The van der Waals surface area contributed by atoms with Gasteiger partial charge in [0.1, 0.15) is 17.1 Å². The fourth-order valence-electron chi connectivity index (χ4n) is 2.78. The molecule has 29 heavy (non-hydrogen) atoms. The molecule has 8 heteroatoms. The molecule has 0 bridgehead atoms. The van der Waals surface area contributed by atoms with Crippen LogP contribution < -0.4 is 9.64 Å². The Morgan fingerprint density at radius 3 is 2.45 bits per heavy atom. The molecule has 7 nitrogen and oxygen atoms in total. The average Bonchev–Trinajstić information content (AvgIpc) is 3.25. The SMILES string of the molecule is COc1ccc(CN(C(=O)OC(C)(C)C)c2ncc(-c3c(C)noc3C)s2)cc1. The Balaban J connectivity index is 1.93. The molecule has 1 amide bonds. The van der Waals surface area contributed by atoms with Gasteiger partial charge in [-0.15, -0.1) is 0 Å². The van der Waals surface area contributed by atoms with Crippen molar-refractivity contribution < 1.29 is 18.8 Å². The summed E-state index contributed by atoms with van der Waals surface area (Å²) in [7, 11) is 1.62. The van der Waals surface area contributed by atoms with E-state index in [9.17, 15) is 4.79 Å². The number of benzene rings is 1. The van der Waals surface area contributed by atoms with E-state index in [0.717, 1.165) is 33.2 Å². The zero-order valence-electron chi connectivity index (χ0n) is 17.5. The quantitative estimate of drug-likeness (QED) is 0.558. The van der Waals surface area contributed by atoms with E-state index >= 15 is 0 Å². The van der Waals surface area contributed by atoms with Crippen molar-refractivity contribution in [3.63, 3.8) is 0 Å². The average molecular weight is 416 g/mol. The lowest BCUT2D eigenvalue weighted by atomic mass is 10.2.